The van der Waals surface area contributed by atoms with Crippen LogP contribution in [0.2, 0.25) is 0 Å². The highest BCUT2D eigenvalue weighted by Gasteiger charge is 2.25. The SMILES string of the molecule is O=C(NC1CC1)c1ccc(NCCc2ccc(-n3cccn3)cc2)c([N+](=O)[O-])c1. The summed E-state index contributed by atoms with van der Waals surface area (Å²) in [5.41, 5.74) is 2.70. The third-order valence-electron chi connectivity index (χ3n) is 4.80. The molecule has 2 aromatic carbocycles. The zero-order valence-electron chi connectivity index (χ0n) is 15.7. The van der Waals surface area contributed by atoms with Gasteiger partial charge in [-0.3, -0.25) is 14.9 Å². The molecule has 29 heavy (non-hydrogen) atoms. The number of nitro benzene ring substituents is 1. The summed E-state index contributed by atoms with van der Waals surface area (Å²) >= 11 is 0. The molecular formula is C21H21N5O3. The maximum Gasteiger partial charge on any atom is 0.293 e. The number of nitro groups is 1. The molecule has 8 heteroatoms. The Kier molecular flexibility index (Phi) is 5.24. The van der Waals surface area contributed by atoms with Crippen LogP contribution in [-0.4, -0.2) is 33.2 Å². The minimum atomic E-state index is -0.463. The Labute approximate surface area is 167 Å². The van der Waals surface area contributed by atoms with Gasteiger partial charge in [-0.1, -0.05) is 12.1 Å². The summed E-state index contributed by atoms with van der Waals surface area (Å²) in [5, 5.41) is 21.6. The third-order valence-corrected chi connectivity index (χ3v) is 4.80. The molecule has 1 aromatic heterocycles. The second kappa shape index (κ2) is 8.14. The molecule has 0 aliphatic heterocycles. The molecule has 1 heterocycles. The van der Waals surface area contributed by atoms with E-state index in [1.54, 1.807) is 23.0 Å². The first-order chi connectivity index (χ1) is 14.1. The Morgan fingerprint density at radius 3 is 2.66 bits per heavy atom. The first kappa shape index (κ1) is 18.7. The van der Waals surface area contributed by atoms with Gasteiger partial charge in [0.2, 0.25) is 0 Å². The van der Waals surface area contributed by atoms with Crippen molar-refractivity contribution in [2.24, 2.45) is 0 Å². The molecule has 1 amide bonds. The van der Waals surface area contributed by atoms with Gasteiger partial charge in [-0.25, -0.2) is 4.68 Å². The lowest BCUT2D eigenvalue weighted by Gasteiger charge is -2.10. The van der Waals surface area contributed by atoms with E-state index < -0.39 is 4.92 Å². The molecule has 4 rings (SSSR count). The lowest BCUT2D eigenvalue weighted by molar-refractivity contribution is -0.384. The molecule has 8 nitrogen and oxygen atoms in total. The van der Waals surface area contributed by atoms with Crippen molar-refractivity contribution < 1.29 is 9.72 Å². The Hall–Kier alpha value is -3.68. The van der Waals surface area contributed by atoms with Crippen LogP contribution < -0.4 is 10.6 Å². The van der Waals surface area contributed by atoms with Crippen LogP contribution in [-0.2, 0) is 6.42 Å². The summed E-state index contributed by atoms with van der Waals surface area (Å²) in [6.45, 7) is 0.537. The molecule has 1 fully saturated rings. The molecule has 0 bridgehead atoms. The van der Waals surface area contributed by atoms with Crippen molar-refractivity contribution >= 4 is 17.3 Å². The number of benzene rings is 2. The van der Waals surface area contributed by atoms with Crippen LogP contribution in [0.3, 0.4) is 0 Å². The molecule has 2 N–H and O–H groups in total. The van der Waals surface area contributed by atoms with Crippen molar-refractivity contribution in [3.05, 3.63) is 82.2 Å². The van der Waals surface area contributed by atoms with Crippen LogP contribution in [0.15, 0.2) is 60.9 Å². The fourth-order valence-corrected chi connectivity index (χ4v) is 3.05. The van der Waals surface area contributed by atoms with Gasteiger partial charge in [0.05, 0.1) is 10.6 Å². The largest absolute Gasteiger partial charge is 0.379 e. The molecule has 0 radical (unpaired) electrons. The van der Waals surface area contributed by atoms with E-state index in [9.17, 15) is 14.9 Å². The van der Waals surface area contributed by atoms with Crippen LogP contribution in [0.1, 0.15) is 28.8 Å². The van der Waals surface area contributed by atoms with Crippen molar-refractivity contribution in [1.29, 1.82) is 0 Å². The number of nitrogens with one attached hydrogen (secondary N) is 2. The molecule has 1 aliphatic rings. The third kappa shape index (κ3) is 4.60. The minimum Gasteiger partial charge on any atom is -0.379 e. The van der Waals surface area contributed by atoms with E-state index in [1.807, 2.05) is 36.5 Å². The average Bonchev–Trinajstić information content (AvgIpc) is 3.37. The Bertz CT molecular complexity index is 1010. The Balaban J connectivity index is 1.38. The Morgan fingerprint density at radius 1 is 1.21 bits per heavy atom. The highest BCUT2D eigenvalue weighted by Crippen LogP contribution is 2.26. The second-order valence-corrected chi connectivity index (χ2v) is 7.03. The maximum absolute atomic E-state index is 12.1. The van der Waals surface area contributed by atoms with Crippen molar-refractivity contribution in [3.63, 3.8) is 0 Å². The van der Waals surface area contributed by atoms with Gasteiger partial charge >= 0.3 is 0 Å². The number of carbonyl (C=O) groups is 1. The van der Waals surface area contributed by atoms with E-state index in [2.05, 4.69) is 15.7 Å². The fourth-order valence-electron chi connectivity index (χ4n) is 3.05. The van der Waals surface area contributed by atoms with Gasteiger partial charge in [0.15, 0.2) is 0 Å². The Morgan fingerprint density at radius 2 is 2.00 bits per heavy atom. The van der Waals surface area contributed by atoms with Gasteiger partial charge in [-0.15, -0.1) is 0 Å². The standard InChI is InChI=1S/C21H21N5O3/c27-21(24-17-5-6-17)16-4-9-19(20(14-16)26(28)29)22-12-10-15-2-7-18(8-3-15)25-13-1-11-23-25/h1-4,7-9,11,13-14,17,22H,5-6,10,12H2,(H,24,27). The quantitative estimate of drug-likeness (QED) is 0.453. The molecule has 1 saturated carbocycles. The van der Waals surface area contributed by atoms with Gasteiger partial charge < -0.3 is 10.6 Å². The van der Waals surface area contributed by atoms with Gasteiger partial charge in [-0.2, -0.15) is 5.10 Å². The molecule has 3 aromatic rings. The van der Waals surface area contributed by atoms with Crippen molar-refractivity contribution in [1.82, 2.24) is 15.1 Å². The summed E-state index contributed by atoms with van der Waals surface area (Å²) < 4.78 is 1.78. The highest BCUT2D eigenvalue weighted by atomic mass is 16.6. The average molecular weight is 391 g/mol. The predicted molar refractivity (Wildman–Crippen MR) is 109 cm³/mol. The molecule has 1 aliphatic carbocycles. The zero-order chi connectivity index (χ0) is 20.2. The van der Waals surface area contributed by atoms with E-state index in [-0.39, 0.29) is 17.6 Å². The van der Waals surface area contributed by atoms with Crippen molar-refractivity contribution in [2.45, 2.75) is 25.3 Å². The zero-order valence-corrected chi connectivity index (χ0v) is 15.7. The molecule has 0 atom stereocenters. The second-order valence-electron chi connectivity index (χ2n) is 7.03. The summed E-state index contributed by atoms with van der Waals surface area (Å²) in [7, 11) is 0. The van der Waals surface area contributed by atoms with Gasteiger partial charge in [0.1, 0.15) is 5.69 Å². The number of anilines is 1. The van der Waals surface area contributed by atoms with Crippen LogP contribution in [0.5, 0.6) is 0 Å². The normalized spacial score (nSPS) is 13.1. The van der Waals surface area contributed by atoms with Crippen LogP contribution >= 0.6 is 0 Å². The van der Waals surface area contributed by atoms with E-state index in [1.165, 1.54) is 6.07 Å². The van der Waals surface area contributed by atoms with Gasteiger partial charge in [0, 0.05) is 36.6 Å². The molecule has 0 spiro atoms. The van der Waals surface area contributed by atoms with Crippen molar-refractivity contribution in [2.75, 3.05) is 11.9 Å². The summed E-state index contributed by atoms with van der Waals surface area (Å²) in [6.07, 6.45) is 6.25. The first-order valence-electron chi connectivity index (χ1n) is 9.52. The number of hydrogen-bond donors (Lipinski definition) is 2. The van der Waals surface area contributed by atoms with E-state index >= 15 is 0 Å². The fraction of sp³-hybridized carbons (Fsp3) is 0.238. The minimum absolute atomic E-state index is 0.0949. The summed E-state index contributed by atoms with van der Waals surface area (Å²) in [5.74, 6) is -0.264. The lowest BCUT2D eigenvalue weighted by atomic mass is 10.1. The number of rotatable bonds is 8. The highest BCUT2D eigenvalue weighted by molar-refractivity contribution is 5.96. The smallest absolute Gasteiger partial charge is 0.293 e. The maximum atomic E-state index is 12.1. The first-order valence-corrected chi connectivity index (χ1v) is 9.52. The van der Waals surface area contributed by atoms with Crippen LogP contribution in [0.4, 0.5) is 11.4 Å². The topological polar surface area (TPSA) is 102 Å². The van der Waals surface area contributed by atoms with Crippen molar-refractivity contribution in [3.8, 4) is 5.69 Å². The number of amides is 1. The number of nitrogens with zero attached hydrogens (tertiary/aromatic N) is 3. The van der Waals surface area contributed by atoms with E-state index in [0.29, 0.717) is 24.2 Å². The summed E-state index contributed by atoms with van der Waals surface area (Å²) in [6, 6.07) is 14.6. The molecule has 0 unspecified atom stereocenters. The molecule has 0 saturated heterocycles. The number of aromatic nitrogens is 2. The monoisotopic (exact) mass is 391 g/mol. The predicted octanol–water partition coefficient (Wildman–Crippen LogP) is 3.33. The molecular weight excluding hydrogens is 370 g/mol. The van der Waals surface area contributed by atoms with E-state index in [0.717, 1.165) is 24.1 Å². The van der Waals surface area contributed by atoms with Crippen LogP contribution in [0, 0.1) is 10.1 Å². The number of carbonyl (C=O) groups excluding carboxylic acids is 1. The van der Waals surface area contributed by atoms with Crippen LogP contribution in [0.25, 0.3) is 5.69 Å². The van der Waals surface area contributed by atoms with Gasteiger partial charge in [-0.05, 0) is 55.2 Å². The van der Waals surface area contributed by atoms with Gasteiger partial charge in [0.25, 0.3) is 11.6 Å². The summed E-state index contributed by atoms with van der Waals surface area (Å²) in [4.78, 5) is 23.1. The number of hydrogen-bond acceptors (Lipinski definition) is 5. The van der Waals surface area contributed by atoms with E-state index in [4.69, 9.17) is 0 Å². The molecule has 148 valence electrons. The lowest BCUT2D eigenvalue weighted by Crippen LogP contribution is -2.25.